The number of aromatic nitrogens is 1. The first kappa shape index (κ1) is 28.0. The molecule has 0 spiro atoms. The quantitative estimate of drug-likeness (QED) is 0.170. The van der Waals surface area contributed by atoms with Crippen molar-refractivity contribution in [3.63, 3.8) is 0 Å². The van der Waals surface area contributed by atoms with Crippen LogP contribution >= 0.6 is 7.92 Å². The van der Waals surface area contributed by atoms with Crippen molar-refractivity contribution in [1.29, 1.82) is 0 Å². The Kier molecular flexibility index (Phi) is 7.72. The van der Waals surface area contributed by atoms with Crippen LogP contribution in [0, 0.1) is 0 Å². The van der Waals surface area contributed by atoms with Crippen molar-refractivity contribution in [2.24, 2.45) is 0 Å². The number of nitrogens with zero attached hydrogens (tertiary/aromatic N) is 1. The van der Waals surface area contributed by atoms with E-state index in [1.165, 1.54) is 32.7 Å². The SMILES string of the molecule is CC(C)(O[Si](C)(C)C(C)(C)C)[C@H]1CCc2ccc(-c3ccccc3P(c3ccccc3)c3ccccc3)nc21. The molecule has 0 aliphatic heterocycles. The Balaban J connectivity index is 1.58. The minimum absolute atomic E-state index is 0.173. The molecule has 4 aromatic rings. The maximum absolute atomic E-state index is 7.06. The third-order valence-electron chi connectivity index (χ3n) is 8.66. The topological polar surface area (TPSA) is 22.1 Å². The normalized spacial score (nSPS) is 15.9. The Morgan fingerprint density at radius 1 is 0.744 bits per heavy atom. The lowest BCUT2D eigenvalue weighted by molar-refractivity contribution is 0.0607. The third-order valence-corrected chi connectivity index (χ3v) is 15.8. The predicted octanol–water partition coefficient (Wildman–Crippen LogP) is 8.34. The van der Waals surface area contributed by atoms with Crippen molar-refractivity contribution >= 4 is 32.2 Å². The largest absolute Gasteiger partial charge is 0.411 e. The van der Waals surface area contributed by atoms with Gasteiger partial charge < -0.3 is 4.43 Å². The van der Waals surface area contributed by atoms with Gasteiger partial charge in [0.15, 0.2) is 8.32 Å². The van der Waals surface area contributed by atoms with Gasteiger partial charge in [-0.15, -0.1) is 0 Å². The van der Waals surface area contributed by atoms with Gasteiger partial charge in [-0.05, 0) is 80.3 Å². The smallest absolute Gasteiger partial charge is 0.192 e. The molecule has 4 heteroatoms. The molecule has 1 aliphatic carbocycles. The standard InChI is InChI=1S/C35H42NOPSi/c1-34(2,3)39(6,7)37-35(4,5)30-24-22-26-23-25-31(36-33(26)30)29-20-14-15-21-32(29)38(27-16-10-8-11-17-27)28-18-12-9-13-19-28/h8-21,23,25,30H,22,24H2,1-7H3/t30-/m0/s1. The molecule has 1 atom stereocenters. The summed E-state index contributed by atoms with van der Waals surface area (Å²) in [7, 11) is -2.65. The lowest BCUT2D eigenvalue weighted by Gasteiger charge is -2.45. The summed E-state index contributed by atoms with van der Waals surface area (Å²) in [5.41, 5.74) is 4.64. The highest BCUT2D eigenvalue weighted by molar-refractivity contribution is 7.80. The van der Waals surface area contributed by atoms with Crippen molar-refractivity contribution in [2.45, 2.75) is 77.1 Å². The zero-order valence-corrected chi connectivity index (χ0v) is 26.4. The van der Waals surface area contributed by atoms with Crippen molar-refractivity contribution in [3.05, 3.63) is 108 Å². The second-order valence-electron chi connectivity index (χ2n) is 12.8. The van der Waals surface area contributed by atoms with Crippen LogP contribution in [0.25, 0.3) is 11.3 Å². The molecule has 1 aliphatic rings. The molecule has 3 aromatic carbocycles. The number of benzene rings is 3. The maximum Gasteiger partial charge on any atom is 0.192 e. The van der Waals surface area contributed by atoms with Crippen LogP contribution in [-0.4, -0.2) is 18.9 Å². The van der Waals surface area contributed by atoms with Gasteiger partial charge in [-0.3, -0.25) is 4.98 Å². The third kappa shape index (κ3) is 5.68. The van der Waals surface area contributed by atoms with Gasteiger partial charge in [0.2, 0.25) is 0 Å². The Morgan fingerprint density at radius 2 is 1.31 bits per heavy atom. The van der Waals surface area contributed by atoms with Crippen LogP contribution in [-0.2, 0) is 10.8 Å². The number of rotatable bonds is 7. The monoisotopic (exact) mass is 551 g/mol. The first-order valence-electron chi connectivity index (χ1n) is 14.2. The van der Waals surface area contributed by atoms with Crippen LogP contribution in [0.15, 0.2) is 97.1 Å². The highest BCUT2D eigenvalue weighted by Gasteiger charge is 2.46. The zero-order valence-electron chi connectivity index (χ0n) is 24.5. The summed E-state index contributed by atoms with van der Waals surface area (Å²) in [4.78, 5) is 5.44. The van der Waals surface area contributed by atoms with E-state index in [1.54, 1.807) is 0 Å². The van der Waals surface area contributed by atoms with Crippen molar-refractivity contribution < 1.29 is 4.43 Å². The van der Waals surface area contributed by atoms with Crippen LogP contribution in [0.2, 0.25) is 18.1 Å². The van der Waals surface area contributed by atoms with E-state index in [2.05, 4.69) is 145 Å². The van der Waals surface area contributed by atoms with E-state index in [0.29, 0.717) is 5.92 Å². The highest BCUT2D eigenvalue weighted by atomic mass is 31.1. The molecule has 0 unspecified atom stereocenters. The summed E-state index contributed by atoms with van der Waals surface area (Å²) in [5.74, 6) is 0.290. The lowest BCUT2D eigenvalue weighted by atomic mass is 9.88. The number of fused-ring (bicyclic) bond motifs is 1. The second kappa shape index (κ2) is 10.8. The Hall–Kier alpha value is -2.58. The summed E-state index contributed by atoms with van der Waals surface area (Å²) in [6, 6.07) is 35.3. The number of aryl methyl sites for hydroxylation is 1. The fourth-order valence-electron chi connectivity index (χ4n) is 5.63. The molecule has 5 rings (SSSR count). The predicted molar refractivity (Wildman–Crippen MR) is 172 cm³/mol. The fraction of sp³-hybridized carbons (Fsp3) is 0.343. The summed E-state index contributed by atoms with van der Waals surface area (Å²) < 4.78 is 7.06. The molecule has 0 saturated heterocycles. The van der Waals surface area contributed by atoms with Crippen LogP contribution < -0.4 is 15.9 Å². The maximum atomic E-state index is 7.06. The molecule has 1 aromatic heterocycles. The van der Waals surface area contributed by atoms with Crippen molar-refractivity contribution in [2.75, 3.05) is 0 Å². The molecule has 0 amide bonds. The highest BCUT2D eigenvalue weighted by Crippen LogP contribution is 2.47. The number of hydrogen-bond acceptors (Lipinski definition) is 2. The van der Waals surface area contributed by atoms with Gasteiger partial charge in [0, 0.05) is 11.5 Å². The van der Waals surface area contributed by atoms with Gasteiger partial charge >= 0.3 is 0 Å². The molecule has 0 bridgehead atoms. The molecule has 2 nitrogen and oxygen atoms in total. The van der Waals surface area contributed by atoms with Crippen LogP contribution in [0.1, 0.15) is 58.2 Å². The van der Waals surface area contributed by atoms with Gasteiger partial charge in [0.25, 0.3) is 0 Å². The molecule has 0 N–H and O–H groups in total. The van der Waals surface area contributed by atoms with E-state index < -0.39 is 16.2 Å². The van der Waals surface area contributed by atoms with Gasteiger partial charge in [0.05, 0.1) is 17.0 Å². The molecule has 39 heavy (non-hydrogen) atoms. The van der Waals surface area contributed by atoms with E-state index in [0.717, 1.165) is 18.5 Å². The Morgan fingerprint density at radius 3 is 1.90 bits per heavy atom. The minimum Gasteiger partial charge on any atom is -0.411 e. The average molecular weight is 552 g/mol. The van der Waals surface area contributed by atoms with Crippen molar-refractivity contribution in [3.8, 4) is 11.3 Å². The molecular formula is C35H42NOPSi. The first-order chi connectivity index (χ1) is 18.5. The van der Waals surface area contributed by atoms with Gasteiger partial charge in [-0.2, -0.15) is 0 Å². The molecule has 202 valence electrons. The fourth-order valence-corrected chi connectivity index (χ4v) is 9.85. The Labute approximate surface area is 237 Å². The van der Waals surface area contributed by atoms with Gasteiger partial charge in [-0.25, -0.2) is 0 Å². The van der Waals surface area contributed by atoms with E-state index >= 15 is 0 Å². The summed E-state index contributed by atoms with van der Waals surface area (Å²) in [6.07, 6.45) is 2.16. The van der Waals surface area contributed by atoms with E-state index in [-0.39, 0.29) is 10.6 Å². The lowest BCUT2D eigenvalue weighted by Crippen LogP contribution is -2.49. The van der Waals surface area contributed by atoms with E-state index in [4.69, 9.17) is 9.41 Å². The van der Waals surface area contributed by atoms with Crippen molar-refractivity contribution in [1.82, 2.24) is 4.98 Å². The molecule has 0 radical (unpaired) electrons. The Bertz CT molecular complexity index is 1390. The second-order valence-corrected chi connectivity index (χ2v) is 19.7. The van der Waals surface area contributed by atoms with E-state index in [1.807, 2.05) is 0 Å². The molecule has 1 heterocycles. The summed E-state index contributed by atoms with van der Waals surface area (Å²) >= 11 is 0. The van der Waals surface area contributed by atoms with Crippen LogP contribution in [0.3, 0.4) is 0 Å². The number of pyridine rings is 1. The number of hydrogen-bond donors (Lipinski definition) is 0. The van der Waals surface area contributed by atoms with Gasteiger partial charge in [-0.1, -0.05) is 112 Å². The van der Waals surface area contributed by atoms with Crippen LogP contribution in [0.4, 0.5) is 0 Å². The first-order valence-corrected chi connectivity index (χ1v) is 18.4. The minimum atomic E-state index is -1.93. The van der Waals surface area contributed by atoms with Crippen LogP contribution in [0.5, 0.6) is 0 Å². The van der Waals surface area contributed by atoms with Gasteiger partial charge in [0.1, 0.15) is 0 Å². The molecule has 0 fully saturated rings. The summed E-state index contributed by atoms with van der Waals surface area (Å²) in [6.45, 7) is 16.3. The molecular weight excluding hydrogens is 509 g/mol. The molecule has 0 saturated carbocycles. The zero-order chi connectivity index (χ0) is 27.8. The van der Waals surface area contributed by atoms with E-state index in [9.17, 15) is 0 Å². The summed E-state index contributed by atoms with van der Waals surface area (Å²) in [5, 5.41) is 4.23. The average Bonchev–Trinajstić information content (AvgIpc) is 3.34.